The molecule has 154 valence electrons. The average molecular weight is 383 g/mol. The van der Waals surface area contributed by atoms with Crippen LogP contribution in [0, 0.1) is 5.41 Å². The van der Waals surface area contributed by atoms with Crippen LogP contribution in [0.5, 0.6) is 11.5 Å². The Morgan fingerprint density at radius 2 is 1.11 bits per heavy atom. The summed E-state index contributed by atoms with van der Waals surface area (Å²) in [5, 5.41) is 18.9. The number of hydrogen-bond acceptors (Lipinski definition) is 2. The fraction of sp³-hybridized carbons (Fsp3) is 0.538. The van der Waals surface area contributed by atoms with Crippen LogP contribution < -0.4 is 0 Å². The van der Waals surface area contributed by atoms with Crippen molar-refractivity contribution < 1.29 is 10.2 Å². The van der Waals surface area contributed by atoms with E-state index >= 15 is 0 Å². The highest BCUT2D eigenvalue weighted by molar-refractivity contribution is 5.72. The first-order valence-corrected chi connectivity index (χ1v) is 11.1. The quantitative estimate of drug-likeness (QED) is 0.489. The van der Waals surface area contributed by atoms with E-state index in [0.29, 0.717) is 11.0 Å². The van der Waals surface area contributed by atoms with E-state index in [9.17, 15) is 10.2 Å². The lowest BCUT2D eigenvalue weighted by Gasteiger charge is -2.25. The average Bonchev–Trinajstić information content (AvgIpc) is 2.68. The van der Waals surface area contributed by atoms with Gasteiger partial charge in [-0.1, -0.05) is 114 Å². The highest BCUT2D eigenvalue weighted by Crippen LogP contribution is 2.35. The van der Waals surface area contributed by atoms with Gasteiger partial charge in [-0.05, 0) is 29.9 Å². The topological polar surface area (TPSA) is 40.5 Å². The SMILES string of the molecule is CC1(C)CCCCCCCCCCC1.Oc1cccc(-c2ccccc2)c1O. The summed E-state index contributed by atoms with van der Waals surface area (Å²) in [4.78, 5) is 0. The molecule has 0 heterocycles. The molecule has 0 amide bonds. The molecule has 2 heteroatoms. The molecule has 1 aliphatic rings. The van der Waals surface area contributed by atoms with Crippen LogP contribution in [0.2, 0.25) is 0 Å². The summed E-state index contributed by atoms with van der Waals surface area (Å²) in [6.45, 7) is 4.91. The van der Waals surface area contributed by atoms with E-state index in [0.717, 1.165) is 5.56 Å². The van der Waals surface area contributed by atoms with Crippen molar-refractivity contribution in [3.05, 3.63) is 48.5 Å². The predicted molar refractivity (Wildman–Crippen MR) is 120 cm³/mol. The van der Waals surface area contributed by atoms with E-state index in [1.807, 2.05) is 30.3 Å². The molecule has 0 atom stereocenters. The lowest BCUT2D eigenvalue weighted by atomic mass is 9.81. The maximum Gasteiger partial charge on any atom is 0.165 e. The van der Waals surface area contributed by atoms with Crippen LogP contribution in [0.4, 0.5) is 0 Å². The number of phenolic OH excluding ortho intramolecular Hbond substituents is 2. The van der Waals surface area contributed by atoms with Gasteiger partial charge in [0, 0.05) is 5.56 Å². The number of aromatic hydroxyl groups is 2. The van der Waals surface area contributed by atoms with Gasteiger partial charge in [-0.2, -0.15) is 0 Å². The Morgan fingerprint density at radius 3 is 1.64 bits per heavy atom. The summed E-state index contributed by atoms with van der Waals surface area (Å²) >= 11 is 0. The molecule has 1 fully saturated rings. The molecule has 3 rings (SSSR count). The van der Waals surface area contributed by atoms with Crippen LogP contribution in [-0.2, 0) is 0 Å². The van der Waals surface area contributed by atoms with Crippen LogP contribution in [0.1, 0.15) is 84.5 Å². The molecule has 0 saturated heterocycles. The Hall–Kier alpha value is -1.96. The largest absolute Gasteiger partial charge is 0.504 e. The lowest BCUT2D eigenvalue weighted by Crippen LogP contribution is -2.11. The second kappa shape index (κ2) is 11.8. The molecule has 0 unspecified atom stereocenters. The third-order valence-electron chi connectivity index (χ3n) is 5.81. The molecule has 0 aromatic heterocycles. The Balaban J connectivity index is 0.000000200. The van der Waals surface area contributed by atoms with Gasteiger partial charge in [-0.15, -0.1) is 0 Å². The molecule has 2 N–H and O–H groups in total. The zero-order chi connectivity index (χ0) is 20.2. The summed E-state index contributed by atoms with van der Waals surface area (Å²) < 4.78 is 0. The summed E-state index contributed by atoms with van der Waals surface area (Å²) in [6.07, 6.45) is 16.2. The van der Waals surface area contributed by atoms with Gasteiger partial charge in [0.2, 0.25) is 0 Å². The molecule has 2 aromatic carbocycles. The van der Waals surface area contributed by atoms with Gasteiger partial charge in [-0.25, -0.2) is 0 Å². The van der Waals surface area contributed by atoms with Crippen LogP contribution in [0.25, 0.3) is 11.1 Å². The van der Waals surface area contributed by atoms with Crippen molar-refractivity contribution >= 4 is 0 Å². The Labute approximate surface area is 171 Å². The number of benzene rings is 2. The maximum atomic E-state index is 9.60. The van der Waals surface area contributed by atoms with Crippen molar-refractivity contribution in [1.82, 2.24) is 0 Å². The van der Waals surface area contributed by atoms with Crippen molar-refractivity contribution in [1.29, 1.82) is 0 Å². The van der Waals surface area contributed by atoms with E-state index in [1.165, 1.54) is 76.7 Å². The van der Waals surface area contributed by atoms with Crippen LogP contribution in [0.3, 0.4) is 0 Å². The van der Waals surface area contributed by atoms with Crippen molar-refractivity contribution in [3.63, 3.8) is 0 Å². The second-order valence-electron chi connectivity index (χ2n) is 8.89. The van der Waals surface area contributed by atoms with E-state index in [2.05, 4.69) is 13.8 Å². The zero-order valence-corrected chi connectivity index (χ0v) is 17.8. The number of rotatable bonds is 1. The minimum Gasteiger partial charge on any atom is -0.504 e. The smallest absolute Gasteiger partial charge is 0.165 e. The van der Waals surface area contributed by atoms with Crippen LogP contribution in [-0.4, -0.2) is 10.2 Å². The first kappa shape index (κ1) is 22.3. The van der Waals surface area contributed by atoms with Gasteiger partial charge >= 0.3 is 0 Å². The molecule has 0 bridgehead atoms. The highest BCUT2D eigenvalue weighted by Gasteiger charge is 2.16. The number of phenols is 2. The Kier molecular flexibility index (Phi) is 9.40. The van der Waals surface area contributed by atoms with E-state index in [4.69, 9.17) is 0 Å². The van der Waals surface area contributed by atoms with Crippen molar-refractivity contribution in [3.8, 4) is 22.6 Å². The third kappa shape index (κ3) is 7.96. The van der Waals surface area contributed by atoms with E-state index in [1.54, 1.807) is 12.1 Å². The highest BCUT2D eigenvalue weighted by atomic mass is 16.3. The van der Waals surface area contributed by atoms with Gasteiger partial charge in [0.05, 0.1) is 0 Å². The standard InChI is InChI=1S/C14H28.C12H10O2/c1-14(2)12-10-8-6-4-3-5-7-9-11-13-14;13-11-8-4-7-10(12(11)14)9-5-2-1-3-6-9/h3-13H2,1-2H3;1-8,13-14H. The molecule has 1 aliphatic carbocycles. The van der Waals surface area contributed by atoms with Crippen molar-refractivity contribution in [2.75, 3.05) is 0 Å². The zero-order valence-electron chi connectivity index (χ0n) is 17.8. The number of hydrogen-bond donors (Lipinski definition) is 2. The molecular formula is C26H38O2. The summed E-state index contributed by atoms with van der Waals surface area (Å²) in [5.74, 6) is -0.162. The molecule has 2 nitrogen and oxygen atoms in total. The van der Waals surface area contributed by atoms with Gasteiger partial charge < -0.3 is 10.2 Å². The molecule has 0 radical (unpaired) electrons. The van der Waals surface area contributed by atoms with E-state index in [-0.39, 0.29) is 11.5 Å². The molecule has 28 heavy (non-hydrogen) atoms. The first-order valence-electron chi connectivity index (χ1n) is 11.1. The van der Waals surface area contributed by atoms with Gasteiger partial charge in [0.25, 0.3) is 0 Å². The molecule has 1 saturated carbocycles. The minimum absolute atomic E-state index is 0.0706. The molecule has 0 spiro atoms. The maximum absolute atomic E-state index is 9.60. The van der Waals surface area contributed by atoms with Gasteiger partial charge in [-0.3, -0.25) is 0 Å². The third-order valence-corrected chi connectivity index (χ3v) is 5.81. The van der Waals surface area contributed by atoms with Crippen molar-refractivity contribution in [2.24, 2.45) is 5.41 Å². The predicted octanol–water partition coefficient (Wildman–Crippen LogP) is 8.08. The van der Waals surface area contributed by atoms with Gasteiger partial charge in [0.15, 0.2) is 11.5 Å². The van der Waals surface area contributed by atoms with Crippen molar-refractivity contribution in [2.45, 2.75) is 84.5 Å². The van der Waals surface area contributed by atoms with E-state index < -0.39 is 0 Å². The minimum atomic E-state index is -0.0913. The van der Waals surface area contributed by atoms with Crippen LogP contribution in [0.15, 0.2) is 48.5 Å². The van der Waals surface area contributed by atoms with Crippen LogP contribution >= 0.6 is 0 Å². The second-order valence-corrected chi connectivity index (χ2v) is 8.89. The molecule has 2 aromatic rings. The number of para-hydroxylation sites is 1. The first-order chi connectivity index (χ1) is 13.5. The van der Waals surface area contributed by atoms with Gasteiger partial charge in [0.1, 0.15) is 0 Å². The fourth-order valence-corrected chi connectivity index (χ4v) is 3.95. The summed E-state index contributed by atoms with van der Waals surface area (Å²) in [7, 11) is 0. The fourth-order valence-electron chi connectivity index (χ4n) is 3.95. The summed E-state index contributed by atoms with van der Waals surface area (Å²) in [6, 6.07) is 14.4. The normalized spacial score (nSPS) is 18.1. The molecular weight excluding hydrogens is 344 g/mol. The molecule has 0 aliphatic heterocycles. The summed E-state index contributed by atoms with van der Waals surface area (Å²) in [5.41, 5.74) is 2.16. The monoisotopic (exact) mass is 382 g/mol. The lowest BCUT2D eigenvalue weighted by molar-refractivity contribution is 0.279. The Bertz CT molecular complexity index is 662. The Morgan fingerprint density at radius 1 is 0.607 bits per heavy atom.